The number of amides is 1. The minimum absolute atomic E-state index is 0.0493. The van der Waals surface area contributed by atoms with E-state index >= 15 is 4.39 Å². The van der Waals surface area contributed by atoms with E-state index in [1.807, 2.05) is 42.3 Å². The number of ether oxygens (including phenoxy) is 1. The van der Waals surface area contributed by atoms with E-state index in [0.29, 0.717) is 53.3 Å². The molecule has 2 unspecified atom stereocenters. The van der Waals surface area contributed by atoms with Gasteiger partial charge < -0.3 is 19.1 Å². The van der Waals surface area contributed by atoms with Gasteiger partial charge in [-0.2, -0.15) is 15.0 Å². The van der Waals surface area contributed by atoms with E-state index in [-0.39, 0.29) is 46.4 Å². The first-order valence-electron chi connectivity index (χ1n) is 17.3. The Morgan fingerprint density at radius 1 is 1.16 bits per heavy atom. The highest BCUT2D eigenvalue weighted by atomic mass is 35.5. The Morgan fingerprint density at radius 2 is 1.94 bits per heavy atom. The zero-order valence-electron chi connectivity index (χ0n) is 28.4. The predicted octanol–water partition coefficient (Wildman–Crippen LogP) is 6.81. The normalized spacial score (nSPS) is 19.4. The third-order valence-electron chi connectivity index (χ3n) is 10.6. The number of pyridine rings is 1. The number of aromatic nitrogens is 5. The highest BCUT2D eigenvalue weighted by Gasteiger charge is 2.45. The van der Waals surface area contributed by atoms with Crippen LogP contribution in [-0.4, -0.2) is 92.2 Å². The van der Waals surface area contributed by atoms with Crippen LogP contribution in [0.1, 0.15) is 56.9 Å². The molecule has 0 spiro atoms. The van der Waals surface area contributed by atoms with Crippen LogP contribution in [0.4, 0.5) is 14.6 Å². The quantitative estimate of drug-likeness (QED) is 0.151. The van der Waals surface area contributed by atoms with Crippen molar-refractivity contribution in [3.05, 3.63) is 71.2 Å². The van der Waals surface area contributed by atoms with Crippen LogP contribution < -0.4 is 9.64 Å². The molecule has 6 heterocycles. The number of rotatable bonds is 9. The second-order valence-corrected chi connectivity index (χ2v) is 14.0. The summed E-state index contributed by atoms with van der Waals surface area (Å²) in [7, 11) is 1.88. The number of alkyl halides is 1. The fraction of sp³-hybridized carbons (Fsp3) is 0.405. The van der Waals surface area contributed by atoms with E-state index in [1.165, 1.54) is 19.1 Å². The summed E-state index contributed by atoms with van der Waals surface area (Å²) in [6, 6.07) is 11.1. The molecular weight excluding hydrogens is 678 g/mol. The molecule has 8 rings (SSSR count). The number of likely N-dealkylation sites (tertiary alicyclic amines) is 1. The molecule has 51 heavy (non-hydrogen) atoms. The number of hydrogen-bond acceptors (Lipinski definition) is 10. The molecule has 0 saturated carbocycles. The first-order chi connectivity index (χ1) is 24.7. The Balaban J connectivity index is 1.12. The summed E-state index contributed by atoms with van der Waals surface area (Å²) in [6.45, 7) is 4.70. The molecule has 0 aliphatic carbocycles. The summed E-state index contributed by atoms with van der Waals surface area (Å²) >= 11 is 6.63. The van der Waals surface area contributed by atoms with Gasteiger partial charge in [0.25, 0.3) is 5.89 Å². The molecular formula is C37H37ClF2N8O3. The first-order valence-corrected chi connectivity index (χ1v) is 17.7. The van der Waals surface area contributed by atoms with Crippen LogP contribution in [0.5, 0.6) is 6.01 Å². The van der Waals surface area contributed by atoms with Gasteiger partial charge in [0, 0.05) is 60.5 Å². The van der Waals surface area contributed by atoms with E-state index in [0.717, 1.165) is 44.2 Å². The Morgan fingerprint density at radius 3 is 2.71 bits per heavy atom. The maximum Gasteiger partial charge on any atom is 0.319 e. The molecule has 3 aromatic heterocycles. The number of halogens is 3. The molecule has 1 amide bonds. The topological polar surface area (TPSA) is 114 Å². The molecule has 0 radical (unpaired) electrons. The van der Waals surface area contributed by atoms with E-state index in [4.69, 9.17) is 25.8 Å². The van der Waals surface area contributed by atoms with Crippen LogP contribution in [-0.2, 0) is 4.79 Å². The van der Waals surface area contributed by atoms with Crippen LogP contribution in [0.3, 0.4) is 0 Å². The summed E-state index contributed by atoms with van der Waals surface area (Å²) in [6.07, 6.45) is 7.90. The van der Waals surface area contributed by atoms with Gasteiger partial charge in [0.1, 0.15) is 23.6 Å². The molecule has 5 aromatic rings. The monoisotopic (exact) mass is 714 g/mol. The number of carbonyl (C=O) groups excluding carboxylic acids is 1. The van der Waals surface area contributed by atoms with Crippen molar-refractivity contribution in [1.82, 2.24) is 34.9 Å². The van der Waals surface area contributed by atoms with Gasteiger partial charge in [-0.25, -0.2) is 8.78 Å². The van der Waals surface area contributed by atoms with Crippen LogP contribution in [0.2, 0.25) is 5.02 Å². The molecule has 3 saturated heterocycles. The summed E-state index contributed by atoms with van der Waals surface area (Å²) in [4.78, 5) is 37.3. The SMILES string of the molecule is CC(F)c1noc(/C=C/C(=O)N2CCC(N(C)c3nc(OCC45CCCN4CCC5)nc4c(F)c(-c5cccc6cccc(Cl)c56)ncc34)C2)n1. The molecule has 14 heteroatoms. The van der Waals surface area contributed by atoms with Gasteiger partial charge in [-0.15, -0.1) is 0 Å². The number of carbonyl (C=O) groups is 1. The van der Waals surface area contributed by atoms with E-state index in [9.17, 15) is 9.18 Å². The largest absolute Gasteiger partial charge is 0.461 e. The van der Waals surface area contributed by atoms with Crippen LogP contribution in [0.15, 0.2) is 53.2 Å². The standard InChI is InChI=1S/C37H37ClF2N8O3/c1-22(39)34-42-28(51-45-34)11-12-29(49)47-18-13-24(20-47)46(2)35-26-19-41-32(25-9-3-7-23-8-4-10-27(38)30(23)25)31(40)33(26)43-36(44-35)50-21-37-14-5-16-48(37)17-6-15-37/h3-4,7-12,19,22,24H,5-6,13-18,20-21H2,1-2H3/b12-11+. The Bertz CT molecular complexity index is 2140. The highest BCUT2D eigenvalue weighted by molar-refractivity contribution is 6.36. The lowest BCUT2D eigenvalue weighted by Gasteiger charge is -2.31. The fourth-order valence-corrected chi connectivity index (χ4v) is 8.13. The van der Waals surface area contributed by atoms with Crippen LogP contribution in [0, 0.1) is 5.82 Å². The minimum atomic E-state index is -1.38. The number of likely N-dealkylation sites (N-methyl/N-ethyl adjacent to an activating group) is 1. The van der Waals surface area contributed by atoms with Gasteiger partial charge in [-0.05, 0) is 63.6 Å². The minimum Gasteiger partial charge on any atom is -0.461 e. The molecule has 2 atom stereocenters. The summed E-state index contributed by atoms with van der Waals surface area (Å²) in [5.41, 5.74) is 0.737. The average molecular weight is 715 g/mol. The van der Waals surface area contributed by atoms with Crippen LogP contribution in [0.25, 0.3) is 39.0 Å². The van der Waals surface area contributed by atoms with E-state index in [2.05, 4.69) is 25.0 Å². The smallest absolute Gasteiger partial charge is 0.319 e. The van der Waals surface area contributed by atoms with Gasteiger partial charge in [-0.1, -0.05) is 47.1 Å². The van der Waals surface area contributed by atoms with E-state index < -0.39 is 12.0 Å². The zero-order chi connectivity index (χ0) is 35.3. The van der Waals surface area contributed by atoms with Gasteiger partial charge in [0.15, 0.2) is 12.0 Å². The lowest BCUT2D eigenvalue weighted by Crippen LogP contribution is -2.43. The molecule has 264 valence electrons. The number of benzene rings is 2. The second kappa shape index (κ2) is 13.4. The Labute approximate surface area is 298 Å². The molecule has 2 aromatic carbocycles. The van der Waals surface area contributed by atoms with Crippen molar-refractivity contribution in [2.75, 3.05) is 44.7 Å². The average Bonchev–Trinajstić information content (AvgIpc) is 3.95. The molecule has 3 aliphatic rings. The van der Waals surface area contributed by atoms with Gasteiger partial charge in [0.2, 0.25) is 11.7 Å². The Kier molecular flexibility index (Phi) is 8.79. The summed E-state index contributed by atoms with van der Waals surface area (Å²) < 4.78 is 41.7. The zero-order valence-corrected chi connectivity index (χ0v) is 29.1. The van der Waals surface area contributed by atoms with Crippen molar-refractivity contribution < 1.29 is 22.8 Å². The van der Waals surface area contributed by atoms with Gasteiger partial charge in [0.05, 0.1) is 10.9 Å². The van der Waals surface area contributed by atoms with Crippen molar-refractivity contribution in [1.29, 1.82) is 0 Å². The molecule has 0 N–H and O–H groups in total. The van der Waals surface area contributed by atoms with Crippen molar-refractivity contribution >= 4 is 51.1 Å². The number of hydrogen-bond donors (Lipinski definition) is 0. The van der Waals surface area contributed by atoms with Crippen molar-refractivity contribution in [2.24, 2.45) is 0 Å². The van der Waals surface area contributed by atoms with Crippen molar-refractivity contribution in [3.63, 3.8) is 0 Å². The molecule has 3 fully saturated rings. The number of nitrogens with zero attached hydrogens (tertiary/aromatic N) is 8. The maximum absolute atomic E-state index is 16.8. The third kappa shape index (κ3) is 6.16. The van der Waals surface area contributed by atoms with Gasteiger partial charge in [-0.3, -0.25) is 14.7 Å². The second-order valence-electron chi connectivity index (χ2n) is 13.6. The molecule has 3 aliphatic heterocycles. The fourth-order valence-electron chi connectivity index (χ4n) is 7.85. The lowest BCUT2D eigenvalue weighted by molar-refractivity contribution is -0.124. The number of fused-ring (bicyclic) bond motifs is 3. The maximum atomic E-state index is 16.8. The number of anilines is 1. The molecule has 11 nitrogen and oxygen atoms in total. The van der Waals surface area contributed by atoms with Crippen molar-refractivity contribution in [2.45, 2.75) is 56.8 Å². The molecule has 0 bridgehead atoms. The summed E-state index contributed by atoms with van der Waals surface area (Å²) in [5, 5.41) is 6.09. The predicted molar refractivity (Wildman–Crippen MR) is 190 cm³/mol. The van der Waals surface area contributed by atoms with Crippen molar-refractivity contribution in [3.8, 4) is 17.3 Å². The van der Waals surface area contributed by atoms with E-state index in [1.54, 1.807) is 17.2 Å². The Hall–Kier alpha value is -4.75. The lowest BCUT2D eigenvalue weighted by atomic mass is 9.95. The first kappa shape index (κ1) is 33.4. The van der Waals surface area contributed by atoms with Gasteiger partial charge >= 0.3 is 6.01 Å². The highest BCUT2D eigenvalue weighted by Crippen LogP contribution is 2.40. The van der Waals surface area contributed by atoms with Crippen LogP contribution >= 0.6 is 11.6 Å². The summed E-state index contributed by atoms with van der Waals surface area (Å²) in [5.74, 6) is -0.410. The third-order valence-corrected chi connectivity index (χ3v) is 10.9.